The molecule has 26 heavy (non-hydrogen) atoms. The Morgan fingerprint density at radius 1 is 1.00 bits per heavy atom. The van der Waals surface area contributed by atoms with E-state index in [9.17, 15) is 31.4 Å². The smallest absolute Gasteiger partial charge is 0.421 e. The molecule has 0 bridgehead atoms. The number of aliphatic hydroxyl groups excluding tert-OH is 1. The van der Waals surface area contributed by atoms with E-state index in [0.29, 0.717) is 6.42 Å². The van der Waals surface area contributed by atoms with E-state index in [-0.39, 0.29) is 23.8 Å². The van der Waals surface area contributed by atoms with Gasteiger partial charge in [-0.15, -0.1) is 0 Å². The van der Waals surface area contributed by atoms with E-state index in [1.807, 2.05) is 0 Å². The molecule has 0 amide bonds. The standard InChI is InChI=1S/C16H13F6NO3/c1-2-13(24)25-10-3-5-11(6-4-10)26-14-12(16(20,21)22)7-9(8-23-14)15(17,18)19/h3-8,13,24H,2H2,1H3. The fourth-order valence-corrected chi connectivity index (χ4v) is 1.83. The first-order valence-corrected chi connectivity index (χ1v) is 7.27. The number of nitrogens with zero attached hydrogens (tertiary/aromatic N) is 1. The fourth-order valence-electron chi connectivity index (χ4n) is 1.83. The maximum Gasteiger partial charge on any atom is 0.421 e. The zero-order chi connectivity index (χ0) is 19.5. The van der Waals surface area contributed by atoms with Gasteiger partial charge in [-0.2, -0.15) is 26.3 Å². The van der Waals surface area contributed by atoms with Crippen LogP contribution in [0.2, 0.25) is 0 Å². The molecular weight excluding hydrogens is 368 g/mol. The lowest BCUT2D eigenvalue weighted by atomic mass is 10.2. The van der Waals surface area contributed by atoms with Crippen molar-refractivity contribution in [3.63, 3.8) is 0 Å². The van der Waals surface area contributed by atoms with Crippen LogP contribution in [0.4, 0.5) is 26.3 Å². The van der Waals surface area contributed by atoms with Crippen molar-refractivity contribution in [2.45, 2.75) is 32.0 Å². The average Bonchev–Trinajstić information content (AvgIpc) is 2.55. The summed E-state index contributed by atoms with van der Waals surface area (Å²) in [5.41, 5.74) is -3.18. The molecule has 142 valence electrons. The Morgan fingerprint density at radius 2 is 1.58 bits per heavy atom. The van der Waals surface area contributed by atoms with Crippen molar-refractivity contribution in [2.24, 2.45) is 0 Å². The van der Waals surface area contributed by atoms with Crippen molar-refractivity contribution in [3.05, 3.63) is 47.7 Å². The zero-order valence-electron chi connectivity index (χ0n) is 13.2. The molecule has 0 radical (unpaired) electrons. The van der Waals surface area contributed by atoms with Gasteiger partial charge in [-0.3, -0.25) is 0 Å². The van der Waals surface area contributed by atoms with Gasteiger partial charge in [-0.05, 0) is 30.3 Å². The zero-order valence-corrected chi connectivity index (χ0v) is 13.2. The minimum atomic E-state index is -5.09. The fraction of sp³-hybridized carbons (Fsp3) is 0.312. The van der Waals surface area contributed by atoms with E-state index in [4.69, 9.17) is 9.47 Å². The molecule has 10 heteroatoms. The molecule has 1 unspecified atom stereocenters. The number of aromatic nitrogens is 1. The molecule has 0 aliphatic carbocycles. The number of ether oxygens (including phenoxy) is 2. The molecule has 1 heterocycles. The maximum absolute atomic E-state index is 13.0. The summed E-state index contributed by atoms with van der Waals surface area (Å²) in [5.74, 6) is -0.864. The molecular formula is C16H13F6NO3. The third-order valence-electron chi connectivity index (χ3n) is 3.14. The summed E-state index contributed by atoms with van der Waals surface area (Å²) in [6, 6.07) is 5.06. The highest BCUT2D eigenvalue weighted by Gasteiger charge is 2.40. The first-order chi connectivity index (χ1) is 12.0. The van der Waals surface area contributed by atoms with Gasteiger partial charge in [0.05, 0.1) is 5.56 Å². The number of alkyl halides is 6. The summed E-state index contributed by atoms with van der Waals surface area (Å²) in [6.07, 6.45) is -10.5. The minimum absolute atomic E-state index is 0.0581. The van der Waals surface area contributed by atoms with Gasteiger partial charge < -0.3 is 14.6 Å². The van der Waals surface area contributed by atoms with Gasteiger partial charge in [0.15, 0.2) is 6.29 Å². The molecule has 1 aromatic carbocycles. The maximum atomic E-state index is 13.0. The Kier molecular flexibility index (Phi) is 5.65. The molecule has 1 atom stereocenters. The normalized spacial score (nSPS) is 13.4. The number of pyridine rings is 1. The minimum Gasteiger partial charge on any atom is -0.465 e. The van der Waals surface area contributed by atoms with E-state index >= 15 is 0 Å². The highest BCUT2D eigenvalue weighted by Crippen LogP contribution is 2.40. The molecule has 0 spiro atoms. The van der Waals surface area contributed by atoms with Crippen LogP contribution >= 0.6 is 0 Å². The third kappa shape index (κ3) is 5.01. The van der Waals surface area contributed by atoms with Crippen molar-refractivity contribution < 1.29 is 40.9 Å². The number of aliphatic hydroxyl groups is 1. The van der Waals surface area contributed by atoms with Gasteiger partial charge in [-0.25, -0.2) is 4.98 Å². The second-order valence-electron chi connectivity index (χ2n) is 5.13. The van der Waals surface area contributed by atoms with Crippen LogP contribution in [0.5, 0.6) is 17.4 Å². The molecule has 1 aromatic heterocycles. The van der Waals surface area contributed by atoms with Crippen LogP contribution in [-0.2, 0) is 12.4 Å². The number of hydrogen-bond donors (Lipinski definition) is 1. The van der Waals surface area contributed by atoms with Crippen LogP contribution in [0, 0.1) is 0 Å². The van der Waals surface area contributed by atoms with E-state index in [1.165, 1.54) is 24.3 Å². The van der Waals surface area contributed by atoms with Gasteiger partial charge in [0.1, 0.15) is 17.1 Å². The summed E-state index contributed by atoms with van der Waals surface area (Å²) >= 11 is 0. The lowest BCUT2D eigenvalue weighted by Crippen LogP contribution is -2.13. The summed E-state index contributed by atoms with van der Waals surface area (Å²) in [6.45, 7) is 1.68. The third-order valence-corrected chi connectivity index (χ3v) is 3.14. The number of rotatable bonds is 5. The molecule has 4 nitrogen and oxygen atoms in total. The van der Waals surface area contributed by atoms with Crippen molar-refractivity contribution in [1.82, 2.24) is 4.98 Å². The van der Waals surface area contributed by atoms with E-state index in [1.54, 1.807) is 6.92 Å². The van der Waals surface area contributed by atoms with Crippen LogP contribution in [-0.4, -0.2) is 16.4 Å². The Labute approximate surface area is 144 Å². The first-order valence-electron chi connectivity index (χ1n) is 7.27. The predicted molar refractivity (Wildman–Crippen MR) is 77.7 cm³/mol. The monoisotopic (exact) mass is 381 g/mol. The highest BCUT2D eigenvalue weighted by molar-refractivity contribution is 5.39. The van der Waals surface area contributed by atoms with Gasteiger partial charge in [0.25, 0.3) is 0 Å². The molecule has 0 saturated heterocycles. The molecule has 2 rings (SSSR count). The summed E-state index contributed by atoms with van der Waals surface area (Å²) in [5, 5.41) is 9.35. The van der Waals surface area contributed by atoms with Crippen LogP contribution in [0.15, 0.2) is 36.5 Å². The van der Waals surface area contributed by atoms with Gasteiger partial charge in [0, 0.05) is 12.6 Å². The number of benzene rings is 1. The van der Waals surface area contributed by atoms with Crippen molar-refractivity contribution in [2.75, 3.05) is 0 Å². The van der Waals surface area contributed by atoms with Gasteiger partial charge >= 0.3 is 12.4 Å². The summed E-state index contributed by atoms with van der Waals surface area (Å²) < 4.78 is 87.0. The lowest BCUT2D eigenvalue weighted by Gasteiger charge is -2.15. The van der Waals surface area contributed by atoms with E-state index in [2.05, 4.69) is 4.98 Å². The van der Waals surface area contributed by atoms with Gasteiger partial charge in [-0.1, -0.05) is 6.92 Å². The summed E-state index contributed by atoms with van der Waals surface area (Å²) in [4.78, 5) is 3.16. The van der Waals surface area contributed by atoms with Crippen molar-refractivity contribution in [3.8, 4) is 17.4 Å². The Hall–Kier alpha value is -2.49. The predicted octanol–water partition coefficient (Wildman–Crippen LogP) is 5.02. The van der Waals surface area contributed by atoms with E-state index in [0.717, 1.165) is 0 Å². The lowest BCUT2D eigenvalue weighted by molar-refractivity contribution is -0.144. The Morgan fingerprint density at radius 3 is 2.08 bits per heavy atom. The second-order valence-corrected chi connectivity index (χ2v) is 5.13. The molecule has 1 N–H and O–H groups in total. The topological polar surface area (TPSA) is 51.6 Å². The molecule has 2 aromatic rings. The second kappa shape index (κ2) is 7.40. The average molecular weight is 381 g/mol. The SMILES string of the molecule is CCC(O)Oc1ccc(Oc2ncc(C(F)(F)F)cc2C(F)(F)F)cc1. The van der Waals surface area contributed by atoms with Crippen LogP contribution in [0.1, 0.15) is 24.5 Å². The van der Waals surface area contributed by atoms with Crippen LogP contribution < -0.4 is 9.47 Å². The molecule has 0 aliphatic heterocycles. The van der Waals surface area contributed by atoms with E-state index < -0.39 is 35.6 Å². The number of hydrogen-bond acceptors (Lipinski definition) is 4. The Bertz CT molecular complexity index is 743. The first kappa shape index (κ1) is 19.8. The quantitative estimate of drug-likeness (QED) is 0.584. The van der Waals surface area contributed by atoms with Crippen molar-refractivity contribution in [1.29, 1.82) is 0 Å². The molecule has 0 aliphatic rings. The largest absolute Gasteiger partial charge is 0.465 e. The van der Waals surface area contributed by atoms with Crippen LogP contribution in [0.3, 0.4) is 0 Å². The van der Waals surface area contributed by atoms with Gasteiger partial charge in [0.2, 0.25) is 5.88 Å². The highest BCUT2D eigenvalue weighted by atomic mass is 19.4. The Balaban J connectivity index is 2.28. The van der Waals surface area contributed by atoms with Crippen LogP contribution in [0.25, 0.3) is 0 Å². The summed E-state index contributed by atoms with van der Waals surface area (Å²) in [7, 11) is 0. The molecule has 0 fully saturated rings. The van der Waals surface area contributed by atoms with Crippen molar-refractivity contribution >= 4 is 0 Å². The molecule has 0 saturated carbocycles. The number of halogens is 6.